The van der Waals surface area contributed by atoms with Gasteiger partial charge in [-0.15, -0.1) is 0 Å². The summed E-state index contributed by atoms with van der Waals surface area (Å²) in [5.41, 5.74) is 2.16. The second-order valence-corrected chi connectivity index (χ2v) is 6.40. The lowest BCUT2D eigenvalue weighted by Crippen LogP contribution is -2.34. The number of nitrogens with one attached hydrogen (secondary N) is 1. The molecule has 1 saturated heterocycles. The number of nitrogens with zero attached hydrogens (tertiary/aromatic N) is 3. The molecule has 22 heavy (non-hydrogen) atoms. The third-order valence-electron chi connectivity index (χ3n) is 3.91. The van der Waals surface area contributed by atoms with E-state index in [1.807, 2.05) is 41.3 Å². The number of hydrogen-bond acceptors (Lipinski definition) is 4. The number of hydrogen-bond donors (Lipinski definition) is 2. The summed E-state index contributed by atoms with van der Waals surface area (Å²) in [6, 6.07) is 7.99. The Hall–Kier alpha value is -1.40. The van der Waals surface area contributed by atoms with Crippen LogP contribution in [0.2, 0.25) is 5.02 Å². The molecule has 1 aromatic heterocycles. The number of aliphatic hydroxyl groups excluding tert-OH is 1. The standard InChI is InChI=1S/C16H21ClN4O/c1-20(11-14-6-16(22)8-18-14)9-12-7-19-21(10-12)15-4-2-13(17)3-5-15/h2-5,7,10,14,16,18,22H,6,8-9,11H2,1H3/t14-,16+/m0/s1. The second-order valence-electron chi connectivity index (χ2n) is 5.96. The van der Waals surface area contributed by atoms with E-state index in [2.05, 4.69) is 22.4 Å². The molecule has 2 atom stereocenters. The van der Waals surface area contributed by atoms with Gasteiger partial charge in [0, 0.05) is 42.5 Å². The van der Waals surface area contributed by atoms with Crippen molar-refractivity contribution in [1.82, 2.24) is 20.0 Å². The average molecular weight is 321 g/mol. The van der Waals surface area contributed by atoms with Gasteiger partial charge in [0.25, 0.3) is 0 Å². The van der Waals surface area contributed by atoms with Crippen molar-refractivity contribution in [3.8, 4) is 5.69 Å². The van der Waals surface area contributed by atoms with Gasteiger partial charge in [0.1, 0.15) is 0 Å². The fourth-order valence-corrected chi connectivity index (χ4v) is 2.99. The van der Waals surface area contributed by atoms with Crippen molar-refractivity contribution in [2.24, 2.45) is 0 Å². The highest BCUT2D eigenvalue weighted by atomic mass is 35.5. The number of β-amino-alcohol motifs (C(OH)–C–C–N with tert-alkyl or cyclic N) is 1. The van der Waals surface area contributed by atoms with Crippen molar-refractivity contribution < 1.29 is 5.11 Å². The maximum absolute atomic E-state index is 9.55. The van der Waals surface area contributed by atoms with Crippen LogP contribution in [0.3, 0.4) is 0 Å². The normalized spacial score (nSPS) is 21.6. The third kappa shape index (κ3) is 3.87. The first-order valence-corrected chi connectivity index (χ1v) is 7.87. The first-order valence-electron chi connectivity index (χ1n) is 7.49. The molecule has 2 N–H and O–H groups in total. The van der Waals surface area contributed by atoms with Crippen molar-refractivity contribution in [3.63, 3.8) is 0 Å². The number of aliphatic hydroxyl groups is 1. The fraction of sp³-hybridized carbons (Fsp3) is 0.438. The Morgan fingerprint density at radius 3 is 2.86 bits per heavy atom. The van der Waals surface area contributed by atoms with Crippen molar-refractivity contribution in [1.29, 1.82) is 0 Å². The highest BCUT2D eigenvalue weighted by Crippen LogP contribution is 2.14. The molecule has 2 heterocycles. The zero-order chi connectivity index (χ0) is 15.5. The largest absolute Gasteiger partial charge is 0.392 e. The van der Waals surface area contributed by atoms with E-state index >= 15 is 0 Å². The molecule has 0 aliphatic carbocycles. The minimum Gasteiger partial charge on any atom is -0.392 e. The molecule has 1 aromatic carbocycles. The van der Waals surface area contributed by atoms with Crippen LogP contribution in [0.25, 0.3) is 5.69 Å². The monoisotopic (exact) mass is 320 g/mol. The lowest BCUT2D eigenvalue weighted by Gasteiger charge is -2.20. The predicted octanol–water partition coefficient (Wildman–Crippen LogP) is 1.68. The number of halogens is 1. The lowest BCUT2D eigenvalue weighted by molar-refractivity contribution is 0.189. The molecule has 0 spiro atoms. The van der Waals surface area contributed by atoms with Crippen LogP contribution in [0.1, 0.15) is 12.0 Å². The molecule has 1 aliphatic rings. The van der Waals surface area contributed by atoms with E-state index in [1.165, 1.54) is 0 Å². The van der Waals surface area contributed by atoms with E-state index in [-0.39, 0.29) is 6.10 Å². The Morgan fingerprint density at radius 1 is 1.41 bits per heavy atom. The summed E-state index contributed by atoms with van der Waals surface area (Å²) in [4.78, 5) is 2.25. The minimum atomic E-state index is -0.203. The van der Waals surface area contributed by atoms with Crippen LogP contribution in [0.15, 0.2) is 36.7 Å². The quantitative estimate of drug-likeness (QED) is 0.880. The molecule has 0 amide bonds. The summed E-state index contributed by atoms with van der Waals surface area (Å²) in [7, 11) is 2.09. The molecule has 1 fully saturated rings. The average Bonchev–Trinajstić information content (AvgIpc) is 3.09. The molecule has 3 rings (SSSR count). The van der Waals surface area contributed by atoms with Crippen LogP contribution in [0.4, 0.5) is 0 Å². The predicted molar refractivity (Wildman–Crippen MR) is 87.3 cm³/mol. The number of rotatable bonds is 5. The maximum atomic E-state index is 9.55. The summed E-state index contributed by atoms with van der Waals surface area (Å²) >= 11 is 5.90. The topological polar surface area (TPSA) is 53.3 Å². The van der Waals surface area contributed by atoms with E-state index in [1.54, 1.807) is 0 Å². The Bertz CT molecular complexity index is 613. The van der Waals surface area contributed by atoms with Crippen LogP contribution >= 0.6 is 11.6 Å². The highest BCUT2D eigenvalue weighted by molar-refractivity contribution is 6.30. The van der Waals surface area contributed by atoms with Gasteiger partial charge in [-0.25, -0.2) is 4.68 Å². The van der Waals surface area contributed by atoms with Crippen molar-refractivity contribution >= 4 is 11.6 Å². The SMILES string of the molecule is CN(Cc1cnn(-c2ccc(Cl)cc2)c1)C[C@@H]1C[C@@H](O)CN1. The van der Waals surface area contributed by atoms with Crippen LogP contribution in [-0.2, 0) is 6.54 Å². The van der Waals surface area contributed by atoms with E-state index in [9.17, 15) is 5.11 Å². The molecule has 6 heteroatoms. The number of benzene rings is 1. The van der Waals surface area contributed by atoms with Gasteiger partial charge in [-0.05, 0) is 37.7 Å². The first-order chi connectivity index (χ1) is 10.6. The minimum absolute atomic E-state index is 0.203. The van der Waals surface area contributed by atoms with Crippen molar-refractivity contribution in [2.45, 2.75) is 25.1 Å². The Kier molecular flexibility index (Phi) is 4.78. The molecule has 2 aromatic rings. The summed E-state index contributed by atoms with van der Waals surface area (Å²) in [5.74, 6) is 0. The summed E-state index contributed by atoms with van der Waals surface area (Å²) in [5, 5.41) is 18.0. The summed E-state index contributed by atoms with van der Waals surface area (Å²) in [6.07, 6.45) is 4.55. The number of likely N-dealkylation sites (N-methyl/N-ethyl adjacent to an activating group) is 1. The van der Waals surface area contributed by atoms with Gasteiger partial charge in [-0.3, -0.25) is 0 Å². The molecular weight excluding hydrogens is 300 g/mol. The van der Waals surface area contributed by atoms with Crippen LogP contribution < -0.4 is 5.32 Å². The molecule has 0 unspecified atom stereocenters. The zero-order valence-electron chi connectivity index (χ0n) is 12.6. The molecule has 5 nitrogen and oxygen atoms in total. The van der Waals surface area contributed by atoms with Crippen LogP contribution in [0, 0.1) is 0 Å². The smallest absolute Gasteiger partial charge is 0.0680 e. The summed E-state index contributed by atoms with van der Waals surface area (Å²) < 4.78 is 1.86. The van der Waals surface area contributed by atoms with Gasteiger partial charge in [-0.1, -0.05) is 11.6 Å². The van der Waals surface area contributed by atoms with Crippen LogP contribution in [0.5, 0.6) is 0 Å². The van der Waals surface area contributed by atoms with Crippen molar-refractivity contribution in [2.75, 3.05) is 20.1 Å². The van der Waals surface area contributed by atoms with Gasteiger partial charge in [0.2, 0.25) is 0 Å². The lowest BCUT2D eigenvalue weighted by atomic mass is 10.2. The van der Waals surface area contributed by atoms with Gasteiger partial charge >= 0.3 is 0 Å². The highest BCUT2D eigenvalue weighted by Gasteiger charge is 2.22. The molecule has 1 aliphatic heterocycles. The summed E-state index contributed by atoms with van der Waals surface area (Å²) in [6.45, 7) is 2.46. The van der Waals surface area contributed by atoms with E-state index in [0.717, 1.165) is 35.8 Å². The Balaban J connectivity index is 1.58. The molecule has 0 bridgehead atoms. The van der Waals surface area contributed by atoms with E-state index in [4.69, 9.17) is 11.6 Å². The van der Waals surface area contributed by atoms with E-state index < -0.39 is 0 Å². The van der Waals surface area contributed by atoms with Crippen molar-refractivity contribution in [3.05, 3.63) is 47.2 Å². The maximum Gasteiger partial charge on any atom is 0.0680 e. The second kappa shape index (κ2) is 6.79. The first kappa shape index (κ1) is 15.5. The van der Waals surface area contributed by atoms with Gasteiger partial charge < -0.3 is 15.3 Å². The number of aromatic nitrogens is 2. The van der Waals surface area contributed by atoms with Gasteiger partial charge in [0.15, 0.2) is 0 Å². The van der Waals surface area contributed by atoms with E-state index in [0.29, 0.717) is 12.6 Å². The molecule has 118 valence electrons. The Morgan fingerprint density at radius 2 is 2.18 bits per heavy atom. The fourth-order valence-electron chi connectivity index (χ4n) is 2.87. The van der Waals surface area contributed by atoms with Crippen LogP contribution in [-0.4, -0.2) is 52.1 Å². The van der Waals surface area contributed by atoms with Gasteiger partial charge in [0.05, 0.1) is 18.0 Å². The Labute approximate surface area is 135 Å². The third-order valence-corrected chi connectivity index (χ3v) is 4.16. The zero-order valence-corrected chi connectivity index (χ0v) is 13.4. The van der Waals surface area contributed by atoms with Gasteiger partial charge in [-0.2, -0.15) is 5.10 Å². The molecule has 0 radical (unpaired) electrons. The molecular formula is C16H21ClN4O. The molecule has 0 saturated carbocycles.